The van der Waals surface area contributed by atoms with Crippen LogP contribution < -0.4 is 0 Å². The lowest BCUT2D eigenvalue weighted by Gasteiger charge is -2.20. The van der Waals surface area contributed by atoms with Gasteiger partial charge in [0.15, 0.2) is 0 Å². The van der Waals surface area contributed by atoms with Crippen molar-refractivity contribution < 1.29 is 5.11 Å². The summed E-state index contributed by atoms with van der Waals surface area (Å²) in [5.74, 6) is 0.578. The van der Waals surface area contributed by atoms with Crippen LogP contribution in [0.3, 0.4) is 0 Å². The van der Waals surface area contributed by atoms with Crippen LogP contribution in [0.2, 0.25) is 0 Å². The molecule has 0 aromatic carbocycles. The molecule has 9 heavy (non-hydrogen) atoms. The topological polar surface area (TPSA) is 20.2 Å². The van der Waals surface area contributed by atoms with Gasteiger partial charge in [0.1, 0.15) is 0 Å². The van der Waals surface area contributed by atoms with Gasteiger partial charge in [-0.3, -0.25) is 0 Å². The van der Waals surface area contributed by atoms with Crippen molar-refractivity contribution in [2.45, 2.75) is 32.8 Å². The van der Waals surface area contributed by atoms with Crippen LogP contribution in [0.1, 0.15) is 26.7 Å². The highest BCUT2D eigenvalue weighted by molar-refractivity contribution is 5.06. The third kappa shape index (κ3) is 1.83. The third-order valence-corrected chi connectivity index (χ3v) is 1.77. The van der Waals surface area contributed by atoms with Gasteiger partial charge in [0.25, 0.3) is 0 Å². The lowest BCUT2D eigenvalue weighted by atomic mass is 9.91. The van der Waals surface area contributed by atoms with Crippen molar-refractivity contribution in [3.8, 4) is 0 Å². The number of aliphatic hydroxyl groups is 1. The van der Waals surface area contributed by atoms with Crippen molar-refractivity contribution in [3.05, 3.63) is 11.6 Å². The van der Waals surface area contributed by atoms with Crippen molar-refractivity contribution in [1.29, 1.82) is 0 Å². The van der Waals surface area contributed by atoms with Gasteiger partial charge in [-0.2, -0.15) is 0 Å². The second kappa shape index (κ2) is 2.53. The van der Waals surface area contributed by atoms with E-state index in [1.165, 1.54) is 5.57 Å². The molecule has 0 aromatic heterocycles. The molecule has 1 rings (SSSR count). The number of allylic oxidation sites excluding steroid dienone is 1. The molecule has 1 N–H and O–H groups in total. The maximum absolute atomic E-state index is 9.21. The van der Waals surface area contributed by atoms with E-state index >= 15 is 0 Å². The second-order valence-electron chi connectivity index (χ2n) is 3.08. The Morgan fingerprint density at radius 1 is 1.67 bits per heavy atom. The monoisotopic (exact) mass is 126 g/mol. The Labute approximate surface area is 56.4 Å². The van der Waals surface area contributed by atoms with Crippen molar-refractivity contribution in [3.63, 3.8) is 0 Å². The molecule has 2 atom stereocenters. The van der Waals surface area contributed by atoms with Gasteiger partial charge in [-0.25, -0.2) is 0 Å². The minimum atomic E-state index is -0.0787. The molecular weight excluding hydrogens is 112 g/mol. The molecule has 1 aliphatic carbocycles. The highest BCUT2D eigenvalue weighted by atomic mass is 16.3. The fraction of sp³-hybridized carbons (Fsp3) is 0.750. The Hall–Kier alpha value is -0.300. The summed E-state index contributed by atoms with van der Waals surface area (Å²) in [5, 5.41) is 9.21. The number of rotatable bonds is 0. The van der Waals surface area contributed by atoms with Crippen LogP contribution >= 0.6 is 0 Å². The Balaban J connectivity index is 2.56. The first-order valence-electron chi connectivity index (χ1n) is 3.54. The van der Waals surface area contributed by atoms with E-state index in [1.807, 2.05) is 0 Å². The molecule has 52 valence electrons. The summed E-state index contributed by atoms with van der Waals surface area (Å²) in [6, 6.07) is 0. The van der Waals surface area contributed by atoms with Gasteiger partial charge in [0.05, 0.1) is 6.10 Å². The number of aliphatic hydroxyl groups excluding tert-OH is 1. The van der Waals surface area contributed by atoms with Gasteiger partial charge in [-0.05, 0) is 25.7 Å². The Morgan fingerprint density at radius 3 is 2.78 bits per heavy atom. The summed E-state index contributed by atoms with van der Waals surface area (Å²) in [6.07, 6.45) is 3.99. The predicted molar refractivity (Wildman–Crippen MR) is 38.2 cm³/mol. The van der Waals surface area contributed by atoms with Gasteiger partial charge in [0, 0.05) is 0 Å². The summed E-state index contributed by atoms with van der Waals surface area (Å²) in [6.45, 7) is 4.23. The molecule has 0 aliphatic heterocycles. The molecule has 0 radical (unpaired) electrons. The molecule has 0 aromatic rings. The SMILES string of the molecule is CC1=C[C@H](C)C[C@H](O)C1. The largest absolute Gasteiger partial charge is 0.393 e. The molecule has 0 saturated carbocycles. The standard InChI is InChI=1S/C8H14O/c1-6-3-7(2)5-8(9)4-6/h3,6,8-9H,4-5H2,1-2H3/t6-,8-/m0/s1. The van der Waals surface area contributed by atoms with Crippen LogP contribution in [0.15, 0.2) is 11.6 Å². The summed E-state index contributed by atoms with van der Waals surface area (Å²) >= 11 is 0. The lowest BCUT2D eigenvalue weighted by molar-refractivity contribution is 0.146. The van der Waals surface area contributed by atoms with Crippen LogP contribution in [0.25, 0.3) is 0 Å². The van der Waals surface area contributed by atoms with Crippen LogP contribution in [0.5, 0.6) is 0 Å². The van der Waals surface area contributed by atoms with Gasteiger partial charge in [-0.15, -0.1) is 0 Å². The Morgan fingerprint density at radius 2 is 2.33 bits per heavy atom. The molecule has 0 heterocycles. The minimum absolute atomic E-state index is 0.0787. The number of hydrogen-bond acceptors (Lipinski definition) is 1. The zero-order valence-electron chi connectivity index (χ0n) is 6.09. The minimum Gasteiger partial charge on any atom is -0.393 e. The maximum Gasteiger partial charge on any atom is 0.0582 e. The van der Waals surface area contributed by atoms with E-state index in [4.69, 9.17) is 0 Å². The second-order valence-corrected chi connectivity index (χ2v) is 3.08. The normalized spacial score (nSPS) is 36.1. The summed E-state index contributed by atoms with van der Waals surface area (Å²) in [7, 11) is 0. The first-order chi connectivity index (χ1) is 4.18. The molecule has 1 aliphatic rings. The van der Waals surface area contributed by atoms with Gasteiger partial charge >= 0.3 is 0 Å². The fourth-order valence-corrected chi connectivity index (χ4v) is 1.51. The van der Waals surface area contributed by atoms with Crippen molar-refractivity contribution in [2.24, 2.45) is 5.92 Å². The van der Waals surface area contributed by atoms with Crippen LogP contribution in [-0.2, 0) is 0 Å². The molecule has 0 amide bonds. The molecule has 0 spiro atoms. The summed E-state index contributed by atoms with van der Waals surface area (Å²) < 4.78 is 0. The first-order valence-corrected chi connectivity index (χ1v) is 3.54. The Bertz CT molecular complexity index is 127. The lowest BCUT2D eigenvalue weighted by Crippen LogP contribution is -2.15. The first kappa shape index (κ1) is 6.81. The quantitative estimate of drug-likeness (QED) is 0.490. The van der Waals surface area contributed by atoms with Crippen molar-refractivity contribution >= 4 is 0 Å². The zero-order valence-corrected chi connectivity index (χ0v) is 6.09. The van der Waals surface area contributed by atoms with Crippen LogP contribution in [0, 0.1) is 5.92 Å². The van der Waals surface area contributed by atoms with E-state index in [1.54, 1.807) is 0 Å². The molecule has 0 fully saturated rings. The van der Waals surface area contributed by atoms with Gasteiger partial charge < -0.3 is 5.11 Å². The average Bonchev–Trinajstić information content (AvgIpc) is 1.59. The van der Waals surface area contributed by atoms with E-state index in [0.29, 0.717) is 5.92 Å². The van der Waals surface area contributed by atoms with E-state index in [2.05, 4.69) is 19.9 Å². The van der Waals surface area contributed by atoms with Crippen LogP contribution in [0.4, 0.5) is 0 Å². The van der Waals surface area contributed by atoms with E-state index in [9.17, 15) is 5.11 Å². The van der Waals surface area contributed by atoms with E-state index < -0.39 is 0 Å². The molecule has 0 bridgehead atoms. The smallest absolute Gasteiger partial charge is 0.0582 e. The van der Waals surface area contributed by atoms with Gasteiger partial charge in [-0.1, -0.05) is 18.6 Å². The predicted octanol–water partition coefficient (Wildman–Crippen LogP) is 1.72. The highest BCUT2D eigenvalue weighted by Gasteiger charge is 2.14. The molecule has 0 unspecified atom stereocenters. The molecule has 1 heteroatoms. The third-order valence-electron chi connectivity index (χ3n) is 1.77. The highest BCUT2D eigenvalue weighted by Crippen LogP contribution is 2.21. The van der Waals surface area contributed by atoms with Crippen molar-refractivity contribution in [2.75, 3.05) is 0 Å². The van der Waals surface area contributed by atoms with Gasteiger partial charge in [0.2, 0.25) is 0 Å². The fourth-order valence-electron chi connectivity index (χ4n) is 1.51. The molecule has 1 nitrogen and oxygen atoms in total. The van der Waals surface area contributed by atoms with Crippen LogP contribution in [-0.4, -0.2) is 11.2 Å². The van der Waals surface area contributed by atoms with E-state index in [0.717, 1.165) is 12.8 Å². The molecular formula is C8H14O. The Kier molecular flexibility index (Phi) is 1.91. The molecule has 0 saturated heterocycles. The summed E-state index contributed by atoms with van der Waals surface area (Å²) in [5.41, 5.74) is 1.33. The number of hydrogen-bond donors (Lipinski definition) is 1. The zero-order chi connectivity index (χ0) is 6.85. The van der Waals surface area contributed by atoms with Crippen molar-refractivity contribution in [1.82, 2.24) is 0 Å². The maximum atomic E-state index is 9.21. The van der Waals surface area contributed by atoms with E-state index in [-0.39, 0.29) is 6.10 Å². The summed E-state index contributed by atoms with van der Waals surface area (Å²) in [4.78, 5) is 0. The average molecular weight is 126 g/mol.